The van der Waals surface area contributed by atoms with Crippen molar-refractivity contribution < 1.29 is 33.8 Å². The van der Waals surface area contributed by atoms with Crippen LogP contribution >= 0.6 is 0 Å². The molecule has 1 aliphatic rings. The lowest BCUT2D eigenvalue weighted by molar-refractivity contribution is -0.147. The Bertz CT molecular complexity index is 898. The Kier molecular flexibility index (Phi) is 9.73. The molecular weight excluding hydrogens is 442 g/mol. The zero-order valence-electron chi connectivity index (χ0n) is 20.1. The van der Waals surface area contributed by atoms with Gasteiger partial charge in [-0.3, -0.25) is 9.59 Å². The van der Waals surface area contributed by atoms with Gasteiger partial charge in [-0.25, -0.2) is 15.0 Å². The van der Waals surface area contributed by atoms with Gasteiger partial charge in [-0.05, 0) is 39.2 Å². The van der Waals surface area contributed by atoms with Gasteiger partial charge in [0.1, 0.15) is 12.2 Å². The molecule has 10 heteroatoms. The van der Waals surface area contributed by atoms with E-state index in [0.717, 1.165) is 0 Å². The Morgan fingerprint density at radius 3 is 2.35 bits per heavy atom. The number of ether oxygens (including phenoxy) is 2. The fourth-order valence-corrected chi connectivity index (χ4v) is 3.44. The van der Waals surface area contributed by atoms with Crippen molar-refractivity contribution in [1.82, 2.24) is 10.3 Å². The Labute approximate surface area is 199 Å². The number of likely N-dealkylation sites (tertiary alicyclic amines) is 1. The van der Waals surface area contributed by atoms with Crippen LogP contribution in [0.4, 0.5) is 4.79 Å². The lowest BCUT2D eigenvalue weighted by Crippen LogP contribution is -2.43. The van der Waals surface area contributed by atoms with E-state index in [2.05, 4.69) is 10.5 Å². The predicted octanol–water partition coefficient (Wildman–Crippen LogP) is 2.85. The van der Waals surface area contributed by atoms with Gasteiger partial charge in [0.2, 0.25) is 5.91 Å². The first kappa shape index (κ1) is 27.0. The number of carbonyl (C=O) groups excluding carboxylic acids is 3. The molecule has 0 spiro atoms. The summed E-state index contributed by atoms with van der Waals surface area (Å²) in [5, 5.41) is 12.5. The summed E-state index contributed by atoms with van der Waals surface area (Å²) in [5.41, 5.74) is 2.83. The molecule has 1 saturated heterocycles. The number of amides is 2. The van der Waals surface area contributed by atoms with Gasteiger partial charge in [-0.1, -0.05) is 31.2 Å². The molecule has 1 heterocycles. The summed E-state index contributed by atoms with van der Waals surface area (Å²) in [6.45, 7) is 7.61. The lowest BCUT2D eigenvalue weighted by atomic mass is 9.97. The molecule has 1 atom stereocenters. The number of benzene rings is 1. The van der Waals surface area contributed by atoms with E-state index in [0.29, 0.717) is 37.1 Å². The van der Waals surface area contributed by atoms with Crippen LogP contribution in [0.1, 0.15) is 62.9 Å². The van der Waals surface area contributed by atoms with Crippen LogP contribution in [0.25, 0.3) is 0 Å². The van der Waals surface area contributed by atoms with Crippen molar-refractivity contribution in [3.63, 3.8) is 0 Å². The summed E-state index contributed by atoms with van der Waals surface area (Å²) >= 11 is 0. The number of nitrogens with zero attached hydrogens (tertiary/aromatic N) is 2. The van der Waals surface area contributed by atoms with E-state index in [1.807, 2.05) is 0 Å². The average Bonchev–Trinajstić information content (AvgIpc) is 2.76. The fraction of sp³-hybridized carbons (Fsp3) is 0.542. The van der Waals surface area contributed by atoms with E-state index in [9.17, 15) is 19.2 Å². The standard InChI is InChI=1S/C24H33N3O7/c1-16(22(31)27-11-9-19(10-12-27)33-15-21(29)30)13-20(28)18-7-5-17(6-8-18)14-25-26-23(32)34-24(2,3)4/h5-8,14,16,19H,9-13,15H2,1-4H3,(H,26,32)(H,29,30). The molecule has 10 nitrogen and oxygen atoms in total. The molecule has 1 aromatic rings. The summed E-state index contributed by atoms with van der Waals surface area (Å²) in [6.07, 6.45) is 1.84. The van der Waals surface area contributed by atoms with Gasteiger partial charge >= 0.3 is 12.1 Å². The third-order valence-corrected chi connectivity index (χ3v) is 5.11. The van der Waals surface area contributed by atoms with Gasteiger partial charge in [0, 0.05) is 31.0 Å². The van der Waals surface area contributed by atoms with Crippen LogP contribution in [-0.4, -0.2) is 71.4 Å². The number of carbonyl (C=O) groups is 4. The van der Waals surface area contributed by atoms with Crippen molar-refractivity contribution in [1.29, 1.82) is 0 Å². The molecule has 2 amide bonds. The van der Waals surface area contributed by atoms with Crippen molar-refractivity contribution in [2.45, 2.75) is 58.7 Å². The molecule has 0 bridgehead atoms. The first-order valence-corrected chi connectivity index (χ1v) is 11.2. The molecule has 0 saturated carbocycles. The summed E-state index contributed by atoms with van der Waals surface area (Å²) in [6, 6.07) is 6.70. The second-order valence-corrected chi connectivity index (χ2v) is 9.25. The number of nitrogens with one attached hydrogen (secondary N) is 1. The Morgan fingerprint density at radius 1 is 1.18 bits per heavy atom. The quantitative estimate of drug-likeness (QED) is 0.318. The minimum Gasteiger partial charge on any atom is -0.480 e. The third kappa shape index (κ3) is 9.30. The second-order valence-electron chi connectivity index (χ2n) is 9.25. The highest BCUT2D eigenvalue weighted by molar-refractivity contribution is 5.99. The average molecular weight is 476 g/mol. The maximum Gasteiger partial charge on any atom is 0.428 e. The van der Waals surface area contributed by atoms with Crippen LogP contribution in [-0.2, 0) is 19.1 Å². The Morgan fingerprint density at radius 2 is 1.79 bits per heavy atom. The predicted molar refractivity (Wildman–Crippen MR) is 125 cm³/mol. The highest BCUT2D eigenvalue weighted by Gasteiger charge is 2.28. The number of rotatable bonds is 9. The summed E-state index contributed by atoms with van der Waals surface area (Å²) < 4.78 is 10.4. The van der Waals surface area contributed by atoms with Gasteiger partial charge in [-0.2, -0.15) is 5.10 Å². The zero-order chi connectivity index (χ0) is 25.3. The molecule has 2 N–H and O–H groups in total. The maximum absolute atomic E-state index is 12.7. The molecule has 34 heavy (non-hydrogen) atoms. The van der Waals surface area contributed by atoms with Crippen LogP contribution < -0.4 is 5.43 Å². The monoisotopic (exact) mass is 475 g/mol. The fourth-order valence-electron chi connectivity index (χ4n) is 3.44. The molecule has 186 valence electrons. The normalized spacial score (nSPS) is 15.7. The van der Waals surface area contributed by atoms with Gasteiger partial charge < -0.3 is 19.5 Å². The highest BCUT2D eigenvalue weighted by Crippen LogP contribution is 2.19. The van der Waals surface area contributed by atoms with Crippen LogP contribution in [0.5, 0.6) is 0 Å². The van der Waals surface area contributed by atoms with Crippen molar-refractivity contribution >= 4 is 30.0 Å². The molecule has 0 aromatic heterocycles. The largest absolute Gasteiger partial charge is 0.480 e. The summed E-state index contributed by atoms with van der Waals surface area (Å²) in [5.74, 6) is -1.72. The molecule has 2 rings (SSSR count). The minimum absolute atomic E-state index is 0.0852. The number of piperidine rings is 1. The van der Waals surface area contributed by atoms with Crippen LogP contribution in [0, 0.1) is 5.92 Å². The number of carboxylic acid groups (broad SMARTS) is 1. The first-order chi connectivity index (χ1) is 15.9. The smallest absolute Gasteiger partial charge is 0.428 e. The number of Topliss-reactive ketones (excluding diaryl/α,β-unsaturated/α-hetero) is 1. The van der Waals surface area contributed by atoms with E-state index in [1.54, 1.807) is 56.9 Å². The molecular formula is C24H33N3O7. The number of carboxylic acids is 1. The van der Waals surface area contributed by atoms with E-state index < -0.39 is 23.6 Å². The van der Waals surface area contributed by atoms with E-state index in [4.69, 9.17) is 14.6 Å². The lowest BCUT2D eigenvalue weighted by Gasteiger charge is -2.33. The van der Waals surface area contributed by atoms with E-state index >= 15 is 0 Å². The van der Waals surface area contributed by atoms with E-state index in [1.165, 1.54) is 6.21 Å². The number of hydrogen-bond acceptors (Lipinski definition) is 7. The first-order valence-electron chi connectivity index (χ1n) is 11.2. The Hall–Kier alpha value is -3.27. The third-order valence-electron chi connectivity index (χ3n) is 5.11. The van der Waals surface area contributed by atoms with Crippen molar-refractivity contribution in [3.05, 3.63) is 35.4 Å². The van der Waals surface area contributed by atoms with Gasteiger partial charge in [0.25, 0.3) is 0 Å². The molecule has 1 fully saturated rings. The summed E-state index contributed by atoms with van der Waals surface area (Å²) in [4.78, 5) is 49.3. The van der Waals surface area contributed by atoms with Crippen molar-refractivity contribution in [2.75, 3.05) is 19.7 Å². The molecule has 1 aromatic carbocycles. The number of hydrogen-bond donors (Lipinski definition) is 2. The van der Waals surface area contributed by atoms with Crippen molar-refractivity contribution in [3.8, 4) is 0 Å². The van der Waals surface area contributed by atoms with Crippen LogP contribution in [0.2, 0.25) is 0 Å². The number of aliphatic carboxylic acids is 1. The topological polar surface area (TPSA) is 135 Å². The number of hydrazone groups is 1. The second kappa shape index (κ2) is 12.3. The SMILES string of the molecule is CC(CC(=O)c1ccc(C=NNC(=O)OC(C)(C)C)cc1)C(=O)N1CCC(OCC(=O)O)CC1. The van der Waals surface area contributed by atoms with Crippen LogP contribution in [0.3, 0.4) is 0 Å². The van der Waals surface area contributed by atoms with E-state index in [-0.39, 0.29) is 30.8 Å². The van der Waals surface area contributed by atoms with Gasteiger partial charge in [0.15, 0.2) is 5.78 Å². The minimum atomic E-state index is -1.01. The molecule has 0 radical (unpaired) electrons. The summed E-state index contributed by atoms with van der Waals surface area (Å²) in [7, 11) is 0. The van der Waals surface area contributed by atoms with Crippen molar-refractivity contribution in [2.24, 2.45) is 11.0 Å². The number of ketones is 1. The molecule has 1 aliphatic heterocycles. The van der Waals surface area contributed by atoms with Gasteiger partial charge in [0.05, 0.1) is 12.3 Å². The van der Waals surface area contributed by atoms with Crippen LogP contribution in [0.15, 0.2) is 29.4 Å². The zero-order valence-corrected chi connectivity index (χ0v) is 20.1. The Balaban J connectivity index is 1.80. The maximum atomic E-state index is 12.7. The molecule has 1 unspecified atom stereocenters. The highest BCUT2D eigenvalue weighted by atomic mass is 16.6. The van der Waals surface area contributed by atoms with Gasteiger partial charge in [-0.15, -0.1) is 0 Å². The molecule has 0 aliphatic carbocycles.